The summed E-state index contributed by atoms with van der Waals surface area (Å²) in [4.78, 5) is 5.67. The molecule has 0 radical (unpaired) electrons. The number of rotatable bonds is 2. The third-order valence-corrected chi connectivity index (χ3v) is 5.53. The normalized spacial score (nSPS) is 27.2. The van der Waals surface area contributed by atoms with Crippen LogP contribution in [0.5, 0.6) is 0 Å². The molecular formula is C19H20Cl2N2O. The Morgan fingerprint density at radius 3 is 2.67 bits per heavy atom. The lowest BCUT2D eigenvalue weighted by molar-refractivity contribution is -0.112. The van der Waals surface area contributed by atoms with E-state index in [-0.39, 0.29) is 0 Å². The van der Waals surface area contributed by atoms with Crippen molar-refractivity contribution in [2.45, 2.75) is 18.5 Å². The minimum atomic E-state index is 0.338. The number of nitrogens with zero attached hydrogens (tertiary/aromatic N) is 1. The van der Waals surface area contributed by atoms with Crippen LogP contribution in [0.4, 0.5) is 0 Å². The molecule has 0 bridgehead atoms. The van der Waals surface area contributed by atoms with Crippen LogP contribution >= 0.6 is 23.2 Å². The summed E-state index contributed by atoms with van der Waals surface area (Å²) in [6, 6.07) is 15.1. The number of hydrogen-bond donors (Lipinski definition) is 1. The van der Waals surface area contributed by atoms with Crippen LogP contribution in [-0.2, 0) is 4.84 Å². The molecule has 2 heterocycles. The van der Waals surface area contributed by atoms with Crippen molar-refractivity contribution < 1.29 is 4.84 Å². The van der Waals surface area contributed by atoms with E-state index in [1.807, 2.05) is 24.2 Å². The predicted molar refractivity (Wildman–Crippen MR) is 98.3 cm³/mol. The molecule has 4 rings (SSSR count). The van der Waals surface area contributed by atoms with Gasteiger partial charge in [0, 0.05) is 41.6 Å². The molecule has 3 nitrogen and oxygen atoms in total. The van der Waals surface area contributed by atoms with Crippen molar-refractivity contribution in [1.82, 2.24) is 10.4 Å². The van der Waals surface area contributed by atoms with Gasteiger partial charge in [-0.3, -0.25) is 4.84 Å². The van der Waals surface area contributed by atoms with Crippen molar-refractivity contribution in [3.63, 3.8) is 0 Å². The van der Waals surface area contributed by atoms with Gasteiger partial charge in [-0.25, -0.2) is 0 Å². The van der Waals surface area contributed by atoms with Gasteiger partial charge in [-0.2, -0.15) is 5.06 Å². The van der Waals surface area contributed by atoms with Gasteiger partial charge < -0.3 is 5.32 Å². The molecule has 0 aromatic heterocycles. The Labute approximate surface area is 152 Å². The van der Waals surface area contributed by atoms with Gasteiger partial charge in [-0.15, -0.1) is 0 Å². The molecule has 2 aromatic rings. The van der Waals surface area contributed by atoms with Gasteiger partial charge in [0.2, 0.25) is 0 Å². The highest BCUT2D eigenvalue weighted by Gasteiger charge is 2.38. The SMILES string of the molecule is CN1OC[C@@H]2CN[C@H](c3cccc(-c4cc(Cl)cc(Cl)c4)c3)C[C@@H]21. The maximum Gasteiger partial charge on any atom is 0.0741 e. The number of hydroxylamine groups is 2. The van der Waals surface area contributed by atoms with E-state index in [1.54, 1.807) is 6.07 Å². The number of hydrogen-bond acceptors (Lipinski definition) is 3. The number of fused-ring (bicyclic) bond motifs is 1. The first kappa shape index (κ1) is 16.4. The highest BCUT2D eigenvalue weighted by atomic mass is 35.5. The second-order valence-corrected chi connectivity index (χ2v) is 7.52. The van der Waals surface area contributed by atoms with E-state index in [2.05, 4.69) is 29.6 Å². The van der Waals surface area contributed by atoms with E-state index in [4.69, 9.17) is 28.0 Å². The first-order chi connectivity index (χ1) is 11.6. The van der Waals surface area contributed by atoms with E-state index in [9.17, 15) is 0 Å². The highest BCUT2D eigenvalue weighted by molar-refractivity contribution is 6.35. The smallest absolute Gasteiger partial charge is 0.0741 e. The van der Waals surface area contributed by atoms with Crippen molar-refractivity contribution in [3.05, 3.63) is 58.1 Å². The maximum absolute atomic E-state index is 6.15. The topological polar surface area (TPSA) is 24.5 Å². The lowest BCUT2D eigenvalue weighted by Crippen LogP contribution is -2.44. The molecule has 2 fully saturated rings. The van der Waals surface area contributed by atoms with Crippen LogP contribution in [0, 0.1) is 5.92 Å². The van der Waals surface area contributed by atoms with Gasteiger partial charge in [0.05, 0.1) is 6.61 Å². The van der Waals surface area contributed by atoms with Crippen molar-refractivity contribution in [2.75, 3.05) is 20.2 Å². The number of benzene rings is 2. The minimum Gasteiger partial charge on any atom is -0.309 e. The number of nitrogens with one attached hydrogen (secondary N) is 1. The fraction of sp³-hybridized carbons (Fsp3) is 0.368. The third kappa shape index (κ3) is 3.19. The Hall–Kier alpha value is -1.10. The van der Waals surface area contributed by atoms with E-state index in [0.717, 1.165) is 30.7 Å². The van der Waals surface area contributed by atoms with E-state index in [0.29, 0.717) is 28.0 Å². The molecule has 1 N–H and O–H groups in total. The highest BCUT2D eigenvalue weighted by Crippen LogP contribution is 2.35. The summed E-state index contributed by atoms with van der Waals surface area (Å²) in [5.74, 6) is 0.584. The fourth-order valence-electron chi connectivity index (χ4n) is 3.78. The molecule has 0 spiro atoms. The molecule has 5 heteroatoms. The van der Waals surface area contributed by atoms with Crippen molar-refractivity contribution in [2.24, 2.45) is 5.92 Å². The number of halogens is 2. The molecular weight excluding hydrogens is 343 g/mol. The summed E-state index contributed by atoms with van der Waals surface area (Å²) in [6.45, 7) is 1.81. The van der Waals surface area contributed by atoms with Crippen LogP contribution in [0.15, 0.2) is 42.5 Å². The summed E-state index contributed by atoms with van der Waals surface area (Å²) in [6.07, 6.45) is 1.06. The molecule has 0 aliphatic carbocycles. The molecule has 2 aliphatic heterocycles. The third-order valence-electron chi connectivity index (χ3n) is 5.09. The van der Waals surface area contributed by atoms with Crippen LogP contribution in [0.3, 0.4) is 0 Å². The van der Waals surface area contributed by atoms with E-state index >= 15 is 0 Å². The standard InChI is InChI=1S/C19H20Cl2N2O/c1-23-19-9-18(22-10-15(19)11-24-23)13-4-2-3-12(5-13)14-6-16(20)8-17(21)7-14/h2-8,15,18-19,22H,9-11H2,1H3/t15-,18-,19-/m0/s1. The number of piperidine rings is 1. The van der Waals surface area contributed by atoms with Crippen LogP contribution in [0.2, 0.25) is 10.0 Å². The van der Waals surface area contributed by atoms with Crippen LogP contribution in [-0.4, -0.2) is 31.3 Å². The molecule has 2 aliphatic rings. The largest absolute Gasteiger partial charge is 0.309 e. The Balaban J connectivity index is 1.61. The summed E-state index contributed by atoms with van der Waals surface area (Å²) in [7, 11) is 2.04. The van der Waals surface area contributed by atoms with Gasteiger partial charge in [-0.1, -0.05) is 41.4 Å². The van der Waals surface area contributed by atoms with E-state index < -0.39 is 0 Å². The zero-order chi connectivity index (χ0) is 16.7. The van der Waals surface area contributed by atoms with Gasteiger partial charge in [0.25, 0.3) is 0 Å². The van der Waals surface area contributed by atoms with Gasteiger partial charge in [-0.05, 0) is 47.4 Å². The molecule has 3 atom stereocenters. The van der Waals surface area contributed by atoms with Crippen molar-refractivity contribution in [3.8, 4) is 11.1 Å². The van der Waals surface area contributed by atoms with Crippen molar-refractivity contribution in [1.29, 1.82) is 0 Å². The Kier molecular flexibility index (Phi) is 4.54. The van der Waals surface area contributed by atoms with Crippen LogP contribution in [0.1, 0.15) is 18.0 Å². The molecule has 0 amide bonds. The van der Waals surface area contributed by atoms with Gasteiger partial charge in [0.15, 0.2) is 0 Å². The second-order valence-electron chi connectivity index (χ2n) is 6.65. The van der Waals surface area contributed by atoms with E-state index in [1.165, 1.54) is 5.56 Å². The predicted octanol–water partition coefficient (Wildman–Crippen LogP) is 4.56. The Bertz CT molecular complexity index is 732. The summed E-state index contributed by atoms with van der Waals surface area (Å²) in [5.41, 5.74) is 3.48. The van der Waals surface area contributed by atoms with Crippen LogP contribution in [0.25, 0.3) is 11.1 Å². The molecule has 2 saturated heterocycles. The maximum atomic E-state index is 6.15. The minimum absolute atomic E-state index is 0.338. The van der Waals surface area contributed by atoms with Gasteiger partial charge >= 0.3 is 0 Å². The molecule has 2 aromatic carbocycles. The monoisotopic (exact) mass is 362 g/mol. The zero-order valence-electron chi connectivity index (χ0n) is 13.5. The first-order valence-corrected chi connectivity index (χ1v) is 9.01. The second kappa shape index (κ2) is 6.66. The average Bonchev–Trinajstić information content (AvgIpc) is 2.95. The molecule has 24 heavy (non-hydrogen) atoms. The summed E-state index contributed by atoms with van der Waals surface area (Å²) >= 11 is 12.3. The Morgan fingerprint density at radius 2 is 1.88 bits per heavy atom. The summed E-state index contributed by atoms with van der Waals surface area (Å²) in [5, 5.41) is 7.01. The summed E-state index contributed by atoms with van der Waals surface area (Å²) < 4.78 is 0. The lowest BCUT2D eigenvalue weighted by atomic mass is 9.86. The van der Waals surface area contributed by atoms with Crippen LogP contribution < -0.4 is 5.32 Å². The van der Waals surface area contributed by atoms with Crippen molar-refractivity contribution >= 4 is 23.2 Å². The quantitative estimate of drug-likeness (QED) is 0.847. The zero-order valence-corrected chi connectivity index (χ0v) is 15.0. The molecule has 0 unspecified atom stereocenters. The Morgan fingerprint density at radius 1 is 1.08 bits per heavy atom. The van der Waals surface area contributed by atoms with Gasteiger partial charge in [0.1, 0.15) is 0 Å². The lowest BCUT2D eigenvalue weighted by Gasteiger charge is -2.34. The molecule has 126 valence electrons. The average molecular weight is 363 g/mol. The fourth-order valence-corrected chi connectivity index (χ4v) is 4.31. The first-order valence-electron chi connectivity index (χ1n) is 8.26. The molecule has 0 saturated carbocycles.